The highest BCUT2D eigenvalue weighted by molar-refractivity contribution is 5.89. The third-order valence-corrected chi connectivity index (χ3v) is 5.34. The number of nitrogens with zero attached hydrogens (tertiary/aromatic N) is 2. The predicted octanol–water partition coefficient (Wildman–Crippen LogP) is 2.10. The molecule has 2 amide bonds. The summed E-state index contributed by atoms with van der Waals surface area (Å²) in [6.45, 7) is 8.57. The van der Waals surface area contributed by atoms with Gasteiger partial charge in [-0.25, -0.2) is 14.6 Å². The van der Waals surface area contributed by atoms with E-state index in [1.54, 1.807) is 6.08 Å². The van der Waals surface area contributed by atoms with Gasteiger partial charge in [0, 0.05) is 36.8 Å². The highest BCUT2D eigenvalue weighted by atomic mass is 16.2. The Labute approximate surface area is 153 Å². The molecule has 3 rings (SSSR count). The van der Waals surface area contributed by atoms with Crippen molar-refractivity contribution in [2.24, 2.45) is 15.8 Å². The second-order valence-corrected chi connectivity index (χ2v) is 8.72. The summed E-state index contributed by atoms with van der Waals surface area (Å²) in [4.78, 5) is 26.8. The standard InChI is InChI=1S/C18H28N6O2/c1-17(2)6-12(7-18(3,9-17)10-20-11-25)21-16(26)22-15-13-8-19-5-4-14(13)23-24-15/h12,19H,4-10H2,1-3H3,(H3,21,22,23,24,26). The zero-order chi connectivity index (χ0) is 18.8. The molecule has 26 heavy (non-hydrogen) atoms. The van der Waals surface area contributed by atoms with Crippen LogP contribution in [0.3, 0.4) is 0 Å². The summed E-state index contributed by atoms with van der Waals surface area (Å²) in [6.07, 6.45) is 5.17. The fraction of sp³-hybridized carbons (Fsp3) is 0.722. The molecule has 8 heteroatoms. The summed E-state index contributed by atoms with van der Waals surface area (Å²) in [5.74, 6) is 0.591. The molecule has 1 saturated carbocycles. The van der Waals surface area contributed by atoms with Gasteiger partial charge in [-0.05, 0) is 30.1 Å². The fourth-order valence-electron chi connectivity index (χ4n) is 4.74. The van der Waals surface area contributed by atoms with Crippen LogP contribution in [-0.2, 0) is 17.8 Å². The number of hydrogen-bond donors (Lipinski definition) is 4. The minimum atomic E-state index is -0.242. The van der Waals surface area contributed by atoms with E-state index in [1.165, 1.54) is 0 Å². The lowest BCUT2D eigenvalue weighted by atomic mass is 9.62. The van der Waals surface area contributed by atoms with Gasteiger partial charge in [0.1, 0.15) is 0 Å². The van der Waals surface area contributed by atoms with Crippen LogP contribution in [0.5, 0.6) is 0 Å². The largest absolute Gasteiger partial charge is 0.335 e. The number of urea groups is 1. The number of rotatable bonds is 4. The number of aromatic amines is 1. The molecule has 0 bridgehead atoms. The molecule has 8 nitrogen and oxygen atoms in total. The molecule has 0 saturated heterocycles. The minimum Gasteiger partial charge on any atom is -0.335 e. The maximum absolute atomic E-state index is 12.5. The number of amides is 2. The summed E-state index contributed by atoms with van der Waals surface area (Å²) in [7, 11) is 0. The Morgan fingerprint density at radius 1 is 1.38 bits per heavy atom. The number of H-pyrrole nitrogens is 1. The first-order valence-corrected chi connectivity index (χ1v) is 9.18. The summed E-state index contributed by atoms with van der Waals surface area (Å²) in [6, 6.07) is -0.215. The first kappa shape index (κ1) is 18.6. The Kier molecular flexibility index (Phi) is 5.16. The number of aromatic nitrogens is 2. The van der Waals surface area contributed by atoms with Crippen molar-refractivity contribution < 1.29 is 9.59 Å². The Bertz CT molecular complexity index is 721. The number of hydrogen-bond acceptors (Lipinski definition) is 5. The van der Waals surface area contributed by atoms with Crippen LogP contribution in [0.1, 0.15) is 51.3 Å². The van der Waals surface area contributed by atoms with Crippen LogP contribution in [0, 0.1) is 10.8 Å². The number of aliphatic imine (C=N–C) groups is 1. The van der Waals surface area contributed by atoms with Crippen LogP contribution >= 0.6 is 0 Å². The summed E-state index contributed by atoms with van der Waals surface area (Å²) in [5.41, 5.74) is 2.06. The van der Waals surface area contributed by atoms with E-state index in [0.717, 1.165) is 43.5 Å². The van der Waals surface area contributed by atoms with Crippen molar-refractivity contribution in [3.63, 3.8) is 0 Å². The second-order valence-electron chi connectivity index (χ2n) is 8.72. The van der Waals surface area contributed by atoms with Crippen molar-refractivity contribution >= 4 is 17.9 Å². The monoisotopic (exact) mass is 360 g/mol. The van der Waals surface area contributed by atoms with Crippen molar-refractivity contribution in [3.05, 3.63) is 11.3 Å². The van der Waals surface area contributed by atoms with E-state index in [-0.39, 0.29) is 22.9 Å². The molecule has 0 radical (unpaired) electrons. The topological polar surface area (TPSA) is 111 Å². The molecule has 1 aromatic heterocycles. The van der Waals surface area contributed by atoms with E-state index in [4.69, 9.17) is 0 Å². The van der Waals surface area contributed by atoms with Gasteiger partial charge in [0.25, 0.3) is 0 Å². The second kappa shape index (κ2) is 7.21. The number of nitrogens with one attached hydrogen (secondary N) is 4. The van der Waals surface area contributed by atoms with Crippen LogP contribution in [0.25, 0.3) is 0 Å². The van der Waals surface area contributed by atoms with Gasteiger partial charge in [-0.1, -0.05) is 20.8 Å². The van der Waals surface area contributed by atoms with Crippen LogP contribution in [0.15, 0.2) is 4.99 Å². The Hall–Kier alpha value is -2.18. The smallest absolute Gasteiger partial charge is 0.320 e. The lowest BCUT2D eigenvalue weighted by Crippen LogP contribution is -2.49. The lowest BCUT2D eigenvalue weighted by molar-refractivity contribution is 0.0815. The SMILES string of the molecule is CC1(C)CC(NC(=O)Nc2n[nH]c3c2CNCC3)CC(C)(CN=C=O)C1. The van der Waals surface area contributed by atoms with Gasteiger partial charge in [-0.15, -0.1) is 0 Å². The number of carbonyl (C=O) groups is 1. The van der Waals surface area contributed by atoms with E-state index in [1.807, 2.05) is 0 Å². The summed E-state index contributed by atoms with van der Waals surface area (Å²) < 4.78 is 0. The molecule has 142 valence electrons. The molecular weight excluding hydrogens is 332 g/mol. The van der Waals surface area contributed by atoms with Gasteiger partial charge in [0.05, 0.1) is 6.54 Å². The van der Waals surface area contributed by atoms with Crippen LogP contribution < -0.4 is 16.0 Å². The molecule has 4 N–H and O–H groups in total. The van der Waals surface area contributed by atoms with E-state index < -0.39 is 0 Å². The number of anilines is 1. The van der Waals surface area contributed by atoms with Crippen LogP contribution in [0.4, 0.5) is 10.6 Å². The van der Waals surface area contributed by atoms with E-state index >= 15 is 0 Å². The third kappa shape index (κ3) is 4.31. The van der Waals surface area contributed by atoms with Gasteiger partial charge >= 0.3 is 6.03 Å². The predicted molar refractivity (Wildman–Crippen MR) is 98.7 cm³/mol. The van der Waals surface area contributed by atoms with E-state index in [0.29, 0.717) is 18.9 Å². The fourth-order valence-corrected chi connectivity index (χ4v) is 4.74. The van der Waals surface area contributed by atoms with Gasteiger partial charge in [-0.2, -0.15) is 5.10 Å². The molecule has 2 atom stereocenters. The van der Waals surface area contributed by atoms with Crippen LogP contribution in [-0.4, -0.2) is 41.4 Å². The van der Waals surface area contributed by atoms with Crippen molar-refractivity contribution in [3.8, 4) is 0 Å². The van der Waals surface area contributed by atoms with Gasteiger partial charge < -0.3 is 10.6 Å². The lowest BCUT2D eigenvalue weighted by Gasteiger charge is -2.46. The number of isocyanates is 1. The Morgan fingerprint density at radius 2 is 2.19 bits per heavy atom. The summed E-state index contributed by atoms with van der Waals surface area (Å²) >= 11 is 0. The molecule has 0 aromatic carbocycles. The summed E-state index contributed by atoms with van der Waals surface area (Å²) in [5, 5.41) is 16.5. The molecule has 1 fully saturated rings. The first-order chi connectivity index (χ1) is 12.3. The average Bonchev–Trinajstić information content (AvgIpc) is 2.94. The number of fused-ring (bicyclic) bond motifs is 1. The van der Waals surface area contributed by atoms with Crippen molar-refractivity contribution in [2.45, 2.75) is 59.0 Å². The molecule has 2 unspecified atom stereocenters. The Morgan fingerprint density at radius 3 is 2.96 bits per heavy atom. The van der Waals surface area contributed by atoms with Gasteiger partial charge in [0.2, 0.25) is 6.08 Å². The Balaban J connectivity index is 1.64. The average molecular weight is 360 g/mol. The first-order valence-electron chi connectivity index (χ1n) is 9.18. The molecule has 1 aliphatic heterocycles. The number of carbonyl (C=O) groups excluding carboxylic acids is 2. The van der Waals surface area contributed by atoms with E-state index in [9.17, 15) is 9.59 Å². The quantitative estimate of drug-likeness (QED) is 0.487. The maximum atomic E-state index is 12.5. The van der Waals surface area contributed by atoms with Crippen molar-refractivity contribution in [2.75, 3.05) is 18.4 Å². The third-order valence-electron chi connectivity index (χ3n) is 5.34. The molecule has 1 aliphatic carbocycles. The highest BCUT2D eigenvalue weighted by Crippen LogP contribution is 2.46. The highest BCUT2D eigenvalue weighted by Gasteiger charge is 2.41. The zero-order valence-electron chi connectivity index (χ0n) is 15.7. The van der Waals surface area contributed by atoms with E-state index in [2.05, 4.69) is 51.9 Å². The zero-order valence-corrected chi connectivity index (χ0v) is 15.7. The van der Waals surface area contributed by atoms with Gasteiger partial charge in [0.15, 0.2) is 5.82 Å². The van der Waals surface area contributed by atoms with Crippen molar-refractivity contribution in [1.29, 1.82) is 0 Å². The minimum absolute atomic E-state index is 0.0264. The normalized spacial score (nSPS) is 27.1. The molecule has 2 aliphatic rings. The molecule has 2 heterocycles. The molecular formula is C18H28N6O2. The molecule has 1 aromatic rings. The van der Waals surface area contributed by atoms with Gasteiger partial charge in [-0.3, -0.25) is 10.4 Å². The maximum Gasteiger partial charge on any atom is 0.320 e. The van der Waals surface area contributed by atoms with Crippen LogP contribution in [0.2, 0.25) is 0 Å². The molecule has 0 spiro atoms. The van der Waals surface area contributed by atoms with Crippen molar-refractivity contribution in [1.82, 2.24) is 20.8 Å².